The van der Waals surface area contributed by atoms with Crippen molar-refractivity contribution in [3.63, 3.8) is 0 Å². The van der Waals surface area contributed by atoms with Crippen LogP contribution in [0.15, 0.2) is 0 Å². The Labute approximate surface area is 80.0 Å². The molecule has 74 valence electrons. The molecule has 4 heteroatoms. The standard InChI is InChI=1S/C8H21N3S/c1-7(2,3)11(9)6-8(4,5)12-10/h6,9-10H2,1-5H3. The fourth-order valence-corrected chi connectivity index (χ4v) is 0.898. The molecule has 0 aliphatic carbocycles. The number of rotatable bonds is 3. The van der Waals surface area contributed by atoms with Gasteiger partial charge in [0.1, 0.15) is 0 Å². The second-order valence-electron chi connectivity index (χ2n) is 4.68. The van der Waals surface area contributed by atoms with Crippen molar-refractivity contribution in [1.82, 2.24) is 5.01 Å². The summed E-state index contributed by atoms with van der Waals surface area (Å²) in [6, 6.07) is 0. The zero-order valence-electron chi connectivity index (χ0n) is 8.72. The predicted octanol–water partition coefficient (Wildman–Crippen LogP) is 1.35. The molecule has 0 aliphatic heterocycles. The molecule has 0 rings (SSSR count). The quantitative estimate of drug-likeness (QED) is 0.402. The summed E-state index contributed by atoms with van der Waals surface area (Å²) in [4.78, 5) is 0. The lowest BCUT2D eigenvalue weighted by molar-refractivity contribution is 0.128. The lowest BCUT2D eigenvalue weighted by Gasteiger charge is -2.36. The predicted molar refractivity (Wildman–Crippen MR) is 56.5 cm³/mol. The van der Waals surface area contributed by atoms with E-state index in [9.17, 15) is 0 Å². The summed E-state index contributed by atoms with van der Waals surface area (Å²) in [5.74, 6) is 5.88. The Morgan fingerprint density at radius 1 is 1.17 bits per heavy atom. The molecular weight excluding hydrogens is 170 g/mol. The number of nitrogens with zero attached hydrogens (tertiary/aromatic N) is 1. The summed E-state index contributed by atoms with van der Waals surface area (Å²) in [5.41, 5.74) is 0.00694. The van der Waals surface area contributed by atoms with Crippen LogP contribution in [0.1, 0.15) is 34.6 Å². The van der Waals surface area contributed by atoms with Gasteiger partial charge in [-0.1, -0.05) is 11.9 Å². The zero-order chi connectivity index (χ0) is 9.99. The maximum atomic E-state index is 5.88. The summed E-state index contributed by atoms with van der Waals surface area (Å²) in [7, 11) is 0. The third-order valence-electron chi connectivity index (χ3n) is 1.73. The van der Waals surface area contributed by atoms with Crippen molar-refractivity contribution in [2.24, 2.45) is 11.0 Å². The molecule has 0 heterocycles. The minimum atomic E-state index is 0.00694. The van der Waals surface area contributed by atoms with Crippen molar-refractivity contribution in [2.75, 3.05) is 6.54 Å². The molecule has 0 aromatic carbocycles. The number of hydrogen-bond donors (Lipinski definition) is 2. The van der Waals surface area contributed by atoms with E-state index in [4.69, 9.17) is 11.0 Å². The van der Waals surface area contributed by atoms with Gasteiger partial charge in [0.15, 0.2) is 0 Å². The van der Waals surface area contributed by atoms with Crippen LogP contribution in [0.4, 0.5) is 0 Å². The van der Waals surface area contributed by atoms with Crippen LogP contribution in [-0.4, -0.2) is 21.8 Å². The monoisotopic (exact) mass is 191 g/mol. The van der Waals surface area contributed by atoms with E-state index < -0.39 is 0 Å². The lowest BCUT2D eigenvalue weighted by atomic mass is 10.1. The van der Waals surface area contributed by atoms with E-state index in [0.29, 0.717) is 0 Å². The van der Waals surface area contributed by atoms with Crippen LogP contribution in [0.2, 0.25) is 0 Å². The molecule has 4 N–H and O–H groups in total. The fourth-order valence-electron chi connectivity index (χ4n) is 0.685. The molecular formula is C8H21N3S. The average Bonchev–Trinajstić information content (AvgIpc) is 1.85. The molecule has 0 aliphatic rings. The van der Waals surface area contributed by atoms with Crippen LogP contribution in [-0.2, 0) is 0 Å². The molecule has 3 nitrogen and oxygen atoms in total. The summed E-state index contributed by atoms with van der Waals surface area (Å²) in [6.45, 7) is 11.2. The molecule has 0 saturated heterocycles. The van der Waals surface area contributed by atoms with Gasteiger partial charge in [-0.2, -0.15) is 0 Å². The first-order chi connectivity index (χ1) is 5.19. The van der Waals surface area contributed by atoms with E-state index in [0.717, 1.165) is 6.54 Å². The van der Waals surface area contributed by atoms with Crippen molar-refractivity contribution in [2.45, 2.75) is 44.9 Å². The van der Waals surface area contributed by atoms with Crippen LogP contribution in [0, 0.1) is 0 Å². The molecule has 0 atom stereocenters. The molecule has 12 heavy (non-hydrogen) atoms. The first-order valence-electron chi connectivity index (χ1n) is 4.09. The van der Waals surface area contributed by atoms with Crippen molar-refractivity contribution in [3.05, 3.63) is 0 Å². The normalized spacial score (nSPS) is 14.0. The van der Waals surface area contributed by atoms with Gasteiger partial charge in [0, 0.05) is 16.8 Å². The molecule has 0 aromatic heterocycles. The van der Waals surface area contributed by atoms with E-state index in [2.05, 4.69) is 34.6 Å². The Kier molecular flexibility index (Phi) is 4.03. The fraction of sp³-hybridized carbons (Fsp3) is 1.00. The van der Waals surface area contributed by atoms with Crippen molar-refractivity contribution < 1.29 is 0 Å². The van der Waals surface area contributed by atoms with Gasteiger partial charge < -0.3 is 0 Å². The van der Waals surface area contributed by atoms with Gasteiger partial charge in [-0.3, -0.25) is 11.0 Å². The summed E-state index contributed by atoms with van der Waals surface area (Å²) in [6.07, 6.45) is 0. The highest BCUT2D eigenvalue weighted by atomic mass is 32.2. The molecule has 0 fully saturated rings. The highest BCUT2D eigenvalue weighted by molar-refractivity contribution is 7.98. The minimum Gasteiger partial charge on any atom is -0.277 e. The van der Waals surface area contributed by atoms with Gasteiger partial charge >= 0.3 is 0 Å². The Bertz CT molecular complexity index is 140. The average molecular weight is 191 g/mol. The van der Waals surface area contributed by atoms with Gasteiger partial charge in [-0.05, 0) is 34.6 Å². The van der Waals surface area contributed by atoms with E-state index >= 15 is 0 Å². The molecule has 0 spiro atoms. The van der Waals surface area contributed by atoms with E-state index in [1.54, 1.807) is 0 Å². The SMILES string of the molecule is CC(C)(CN(N)C(C)(C)C)SN. The van der Waals surface area contributed by atoms with Crippen molar-refractivity contribution in [3.8, 4) is 0 Å². The summed E-state index contributed by atoms with van der Waals surface area (Å²) in [5, 5.41) is 7.36. The smallest absolute Gasteiger partial charge is 0.0387 e. The first-order valence-corrected chi connectivity index (χ1v) is 4.97. The Morgan fingerprint density at radius 2 is 1.58 bits per heavy atom. The van der Waals surface area contributed by atoms with Gasteiger partial charge in [0.25, 0.3) is 0 Å². The highest BCUT2D eigenvalue weighted by Gasteiger charge is 2.26. The Morgan fingerprint density at radius 3 is 1.83 bits per heavy atom. The molecule has 0 unspecified atom stereocenters. The lowest BCUT2D eigenvalue weighted by Crippen LogP contribution is -2.52. The number of nitrogens with two attached hydrogens (primary N) is 2. The minimum absolute atomic E-state index is 0.00694. The van der Waals surface area contributed by atoms with Crippen molar-refractivity contribution in [1.29, 1.82) is 0 Å². The summed E-state index contributed by atoms with van der Waals surface area (Å²) < 4.78 is 0.0159. The van der Waals surface area contributed by atoms with Gasteiger partial charge in [-0.25, -0.2) is 5.01 Å². The van der Waals surface area contributed by atoms with Gasteiger partial charge in [0.05, 0.1) is 0 Å². The second-order valence-corrected chi connectivity index (χ2v) is 6.02. The van der Waals surface area contributed by atoms with Crippen LogP contribution < -0.4 is 11.0 Å². The summed E-state index contributed by atoms with van der Waals surface area (Å²) >= 11 is 1.35. The third-order valence-corrected chi connectivity index (χ3v) is 2.50. The maximum Gasteiger partial charge on any atom is 0.0387 e. The molecule has 0 saturated carbocycles. The van der Waals surface area contributed by atoms with Crippen LogP contribution in [0.3, 0.4) is 0 Å². The highest BCUT2D eigenvalue weighted by Crippen LogP contribution is 2.21. The maximum absolute atomic E-state index is 5.88. The van der Waals surface area contributed by atoms with Crippen molar-refractivity contribution >= 4 is 11.9 Å². The van der Waals surface area contributed by atoms with E-state index in [1.807, 2.05) is 5.01 Å². The number of hydrogen-bond acceptors (Lipinski definition) is 4. The Hall–Kier alpha value is 0.230. The zero-order valence-corrected chi connectivity index (χ0v) is 9.53. The largest absolute Gasteiger partial charge is 0.277 e. The molecule has 0 bridgehead atoms. The molecule has 0 aromatic rings. The third kappa shape index (κ3) is 4.30. The van der Waals surface area contributed by atoms with E-state index in [1.165, 1.54) is 11.9 Å². The number of hydrazine groups is 1. The van der Waals surface area contributed by atoms with Gasteiger partial charge in [0.2, 0.25) is 0 Å². The first kappa shape index (κ1) is 12.2. The van der Waals surface area contributed by atoms with Crippen LogP contribution >= 0.6 is 11.9 Å². The Balaban J connectivity index is 4.09. The second kappa shape index (κ2) is 3.96. The topological polar surface area (TPSA) is 55.3 Å². The van der Waals surface area contributed by atoms with Crippen LogP contribution in [0.25, 0.3) is 0 Å². The molecule has 0 amide bonds. The van der Waals surface area contributed by atoms with Gasteiger partial charge in [-0.15, -0.1) is 0 Å². The van der Waals surface area contributed by atoms with E-state index in [-0.39, 0.29) is 10.3 Å². The molecule has 0 radical (unpaired) electrons. The van der Waals surface area contributed by atoms with Crippen LogP contribution in [0.5, 0.6) is 0 Å².